The number of unbranched alkanes of at least 4 members (excludes halogenated alkanes) is 4. The van der Waals surface area contributed by atoms with Crippen LogP contribution in [0, 0.1) is 11.6 Å². The molecular weight excluding hydrogens is 376 g/mol. The summed E-state index contributed by atoms with van der Waals surface area (Å²) in [4.78, 5) is 0. The summed E-state index contributed by atoms with van der Waals surface area (Å²) >= 11 is 0. The number of hydrogen-bond donors (Lipinski definition) is 0. The van der Waals surface area contributed by atoms with Gasteiger partial charge in [-0.3, -0.25) is 0 Å². The third-order valence-electron chi connectivity index (χ3n) is 5.17. The highest BCUT2D eigenvalue weighted by Crippen LogP contribution is 2.30. The number of benzene rings is 3. The molecule has 0 fully saturated rings. The highest BCUT2D eigenvalue weighted by atomic mass is 19.3. The Hall–Kier alpha value is -2.62. The van der Waals surface area contributed by atoms with Crippen molar-refractivity contribution in [2.24, 2.45) is 0 Å². The summed E-state index contributed by atoms with van der Waals surface area (Å²) in [5.41, 5.74) is 2.33. The Morgan fingerprint density at radius 2 is 1.52 bits per heavy atom. The lowest BCUT2D eigenvalue weighted by Gasteiger charge is -2.09. The van der Waals surface area contributed by atoms with Crippen molar-refractivity contribution in [1.29, 1.82) is 0 Å². The summed E-state index contributed by atoms with van der Waals surface area (Å²) in [6.45, 7) is 2.20. The molecule has 0 aliphatic carbocycles. The molecule has 0 aliphatic heterocycles. The molecule has 0 unspecified atom stereocenters. The van der Waals surface area contributed by atoms with Gasteiger partial charge in [0.2, 0.25) is 0 Å². The van der Waals surface area contributed by atoms with Crippen LogP contribution < -0.4 is 0 Å². The van der Waals surface area contributed by atoms with Crippen LogP contribution in [0.2, 0.25) is 0 Å². The van der Waals surface area contributed by atoms with E-state index in [1.165, 1.54) is 43.7 Å². The van der Waals surface area contributed by atoms with Crippen LogP contribution in [-0.2, 0) is 6.42 Å². The van der Waals surface area contributed by atoms with Gasteiger partial charge in [0.15, 0.2) is 0 Å². The molecule has 0 bridgehead atoms. The number of aryl methyl sites for hydroxylation is 1. The van der Waals surface area contributed by atoms with E-state index in [-0.39, 0.29) is 11.5 Å². The molecule has 3 aromatic carbocycles. The molecule has 0 heterocycles. The monoisotopic (exact) mass is 400 g/mol. The van der Waals surface area contributed by atoms with Crippen molar-refractivity contribution in [2.45, 2.75) is 45.4 Å². The molecule has 0 N–H and O–H groups in total. The normalized spacial score (nSPS) is 11.1. The van der Waals surface area contributed by atoms with Crippen LogP contribution in [0.4, 0.5) is 17.6 Å². The molecule has 3 aromatic rings. The molecular formula is C25H24F4. The van der Waals surface area contributed by atoms with E-state index in [1.807, 2.05) is 12.1 Å². The smallest absolute Gasteiger partial charge is 0.206 e. The van der Waals surface area contributed by atoms with Crippen LogP contribution in [0.5, 0.6) is 0 Å². The van der Waals surface area contributed by atoms with Gasteiger partial charge in [-0.2, -0.15) is 8.78 Å². The Bertz CT molecular complexity index is 1000. The van der Waals surface area contributed by atoms with Gasteiger partial charge in [-0.1, -0.05) is 69.0 Å². The summed E-state index contributed by atoms with van der Waals surface area (Å²) in [6, 6.07) is 14.2. The number of hydrogen-bond acceptors (Lipinski definition) is 0. The first-order valence-electron chi connectivity index (χ1n) is 10.0. The number of rotatable bonds is 8. The van der Waals surface area contributed by atoms with Gasteiger partial charge in [0.1, 0.15) is 11.6 Å². The second-order valence-electron chi connectivity index (χ2n) is 7.32. The van der Waals surface area contributed by atoms with E-state index in [1.54, 1.807) is 12.1 Å². The van der Waals surface area contributed by atoms with Gasteiger partial charge in [-0.15, -0.1) is 0 Å². The topological polar surface area (TPSA) is 0 Å². The van der Waals surface area contributed by atoms with E-state index in [0.29, 0.717) is 5.39 Å². The van der Waals surface area contributed by atoms with Crippen molar-refractivity contribution in [3.05, 3.63) is 77.4 Å². The van der Waals surface area contributed by atoms with E-state index < -0.39 is 23.3 Å². The minimum atomic E-state index is -2.13. The lowest BCUT2D eigenvalue weighted by molar-refractivity contribution is 0.428. The summed E-state index contributed by atoms with van der Waals surface area (Å²) < 4.78 is 53.5. The van der Waals surface area contributed by atoms with Crippen molar-refractivity contribution in [1.82, 2.24) is 0 Å². The second kappa shape index (κ2) is 9.73. The predicted molar refractivity (Wildman–Crippen MR) is 112 cm³/mol. The number of fused-ring (bicyclic) bond motifs is 1. The molecule has 0 radical (unpaired) electrons. The van der Waals surface area contributed by atoms with E-state index in [9.17, 15) is 17.6 Å². The van der Waals surface area contributed by atoms with Crippen molar-refractivity contribution < 1.29 is 17.6 Å². The van der Waals surface area contributed by atoms with Gasteiger partial charge >= 0.3 is 0 Å². The quantitative estimate of drug-likeness (QED) is 0.262. The summed E-state index contributed by atoms with van der Waals surface area (Å²) in [5, 5.41) is 0.459. The molecule has 29 heavy (non-hydrogen) atoms. The van der Waals surface area contributed by atoms with Crippen LogP contribution in [-0.4, -0.2) is 0 Å². The minimum absolute atomic E-state index is 0.117. The second-order valence-corrected chi connectivity index (χ2v) is 7.32. The Morgan fingerprint density at radius 3 is 2.21 bits per heavy atom. The highest BCUT2D eigenvalue weighted by Gasteiger charge is 2.14. The molecule has 4 heteroatoms. The molecule has 0 aliphatic rings. The first-order valence-corrected chi connectivity index (χ1v) is 10.0. The summed E-state index contributed by atoms with van der Waals surface area (Å²) in [6.07, 6.45) is 5.32. The van der Waals surface area contributed by atoms with Crippen molar-refractivity contribution >= 4 is 16.8 Å². The average molecular weight is 400 g/mol. The van der Waals surface area contributed by atoms with Crippen LogP contribution >= 0.6 is 0 Å². The van der Waals surface area contributed by atoms with E-state index in [4.69, 9.17) is 0 Å². The van der Waals surface area contributed by atoms with Gasteiger partial charge in [-0.25, -0.2) is 8.78 Å². The summed E-state index contributed by atoms with van der Waals surface area (Å²) in [7, 11) is 0. The lowest BCUT2D eigenvalue weighted by Crippen LogP contribution is -1.92. The van der Waals surface area contributed by atoms with Crippen molar-refractivity contribution in [2.75, 3.05) is 0 Å². The van der Waals surface area contributed by atoms with E-state index in [2.05, 4.69) is 19.1 Å². The molecule has 152 valence electrons. The highest BCUT2D eigenvalue weighted by molar-refractivity contribution is 5.89. The standard InChI is InChI=1S/C25H24F4/c1-2-3-4-5-6-7-17-8-10-18(11-9-17)19-12-13-21-20(14-19)15-23(26)22(25(21)29)16-24(27)28/h8-16H,2-7H2,1H3. The lowest BCUT2D eigenvalue weighted by atomic mass is 9.97. The SMILES string of the molecule is CCCCCCCc1ccc(-c2ccc3c(F)c(C=C(F)F)c(F)cc3c2)cc1. The van der Waals surface area contributed by atoms with Gasteiger partial charge in [0.05, 0.1) is 5.56 Å². The van der Waals surface area contributed by atoms with Crippen molar-refractivity contribution in [3.63, 3.8) is 0 Å². The Kier molecular flexibility index (Phi) is 7.08. The summed E-state index contributed by atoms with van der Waals surface area (Å²) in [5.74, 6) is -1.98. The van der Waals surface area contributed by atoms with Gasteiger partial charge in [0, 0.05) is 11.5 Å². The van der Waals surface area contributed by atoms with Crippen molar-refractivity contribution in [3.8, 4) is 11.1 Å². The Balaban J connectivity index is 1.81. The van der Waals surface area contributed by atoms with Gasteiger partial charge in [0.25, 0.3) is 6.08 Å². The third kappa shape index (κ3) is 5.26. The molecule has 0 saturated carbocycles. The maximum absolute atomic E-state index is 14.5. The maximum Gasteiger partial charge on any atom is 0.271 e. The average Bonchev–Trinajstić information content (AvgIpc) is 2.71. The molecule has 0 saturated heterocycles. The van der Waals surface area contributed by atoms with Crippen LogP contribution in [0.3, 0.4) is 0 Å². The van der Waals surface area contributed by atoms with E-state index in [0.717, 1.165) is 23.6 Å². The van der Waals surface area contributed by atoms with Crippen LogP contribution in [0.1, 0.15) is 50.2 Å². The fourth-order valence-corrected chi connectivity index (χ4v) is 3.56. The molecule has 0 amide bonds. The maximum atomic E-state index is 14.5. The third-order valence-corrected chi connectivity index (χ3v) is 5.17. The largest absolute Gasteiger partial charge is 0.271 e. The fraction of sp³-hybridized carbons (Fsp3) is 0.280. The molecule has 3 rings (SSSR count). The van der Waals surface area contributed by atoms with Gasteiger partial charge < -0.3 is 0 Å². The van der Waals surface area contributed by atoms with Crippen LogP contribution in [0.15, 0.2) is 54.6 Å². The first kappa shape index (κ1) is 21.1. The fourth-order valence-electron chi connectivity index (χ4n) is 3.56. The Morgan fingerprint density at radius 1 is 0.828 bits per heavy atom. The minimum Gasteiger partial charge on any atom is -0.206 e. The Labute approximate surface area is 168 Å². The zero-order valence-electron chi connectivity index (χ0n) is 16.5. The molecule has 0 atom stereocenters. The molecule has 0 aromatic heterocycles. The zero-order chi connectivity index (χ0) is 20.8. The molecule has 0 nitrogen and oxygen atoms in total. The number of halogens is 4. The van der Waals surface area contributed by atoms with Crippen LogP contribution in [0.25, 0.3) is 28.0 Å². The van der Waals surface area contributed by atoms with E-state index >= 15 is 0 Å². The molecule has 0 spiro atoms. The zero-order valence-corrected chi connectivity index (χ0v) is 16.5. The predicted octanol–water partition coefficient (Wildman–Crippen LogP) is 8.54. The van der Waals surface area contributed by atoms with Gasteiger partial charge in [-0.05, 0) is 47.1 Å². The first-order chi connectivity index (χ1) is 14.0.